The Balaban J connectivity index is 2.53. The van der Waals surface area contributed by atoms with Gasteiger partial charge in [0.25, 0.3) is 0 Å². The summed E-state index contributed by atoms with van der Waals surface area (Å²) in [6.45, 7) is 0. The van der Waals surface area contributed by atoms with E-state index >= 15 is 0 Å². The van der Waals surface area contributed by atoms with Gasteiger partial charge in [0.15, 0.2) is 0 Å². The minimum Gasteiger partial charge on any atom is -0.207 e. The van der Waals surface area contributed by atoms with Crippen molar-refractivity contribution in [2.45, 2.75) is 0 Å². The van der Waals surface area contributed by atoms with E-state index in [0.717, 1.165) is 0 Å². The summed E-state index contributed by atoms with van der Waals surface area (Å²) in [6.07, 6.45) is 1.53. The molecule has 1 aromatic heterocycles. The first-order valence-electron chi connectivity index (χ1n) is 3.58. The zero-order chi connectivity index (χ0) is 9.26. The average molecular weight is 198 g/mol. The van der Waals surface area contributed by atoms with Crippen LogP contribution in [0.25, 0.3) is 11.3 Å². The van der Waals surface area contributed by atoms with Crippen LogP contribution in [0, 0.1) is 5.82 Å². The molecule has 0 spiro atoms. The lowest BCUT2D eigenvalue weighted by atomic mass is 10.2. The molecule has 1 N–H and O–H groups in total. The van der Waals surface area contributed by atoms with E-state index in [1.807, 2.05) is 0 Å². The van der Waals surface area contributed by atoms with Crippen molar-refractivity contribution in [2.75, 3.05) is 0 Å². The van der Waals surface area contributed by atoms with Gasteiger partial charge in [0.2, 0.25) is 0 Å². The van der Waals surface area contributed by atoms with Crippen molar-refractivity contribution in [1.82, 2.24) is 15.4 Å². The zero-order valence-electron chi connectivity index (χ0n) is 6.46. The summed E-state index contributed by atoms with van der Waals surface area (Å²) in [5.41, 5.74) is 1.27. The quantitative estimate of drug-likeness (QED) is 0.762. The van der Waals surface area contributed by atoms with E-state index in [0.29, 0.717) is 16.3 Å². The van der Waals surface area contributed by atoms with Gasteiger partial charge in [0.1, 0.15) is 11.5 Å². The van der Waals surface area contributed by atoms with E-state index in [1.54, 1.807) is 6.07 Å². The van der Waals surface area contributed by atoms with Crippen LogP contribution in [-0.2, 0) is 0 Å². The van der Waals surface area contributed by atoms with Gasteiger partial charge in [-0.25, -0.2) is 4.39 Å². The predicted molar refractivity (Wildman–Crippen MR) is 46.8 cm³/mol. The van der Waals surface area contributed by atoms with Gasteiger partial charge in [-0.15, -0.1) is 0 Å². The number of benzene rings is 1. The highest BCUT2D eigenvalue weighted by Crippen LogP contribution is 2.25. The maximum atomic E-state index is 12.7. The number of halogens is 2. The maximum absolute atomic E-state index is 12.7. The van der Waals surface area contributed by atoms with Gasteiger partial charge < -0.3 is 0 Å². The summed E-state index contributed by atoms with van der Waals surface area (Å²) in [4.78, 5) is 0. The van der Waals surface area contributed by atoms with Crippen molar-refractivity contribution in [2.24, 2.45) is 0 Å². The van der Waals surface area contributed by atoms with Gasteiger partial charge >= 0.3 is 0 Å². The van der Waals surface area contributed by atoms with Crippen LogP contribution in [0.15, 0.2) is 24.4 Å². The van der Waals surface area contributed by atoms with Crippen LogP contribution < -0.4 is 0 Å². The SMILES string of the molecule is Fc1ccc(-c2cn[nH]n2)c(Cl)c1. The molecular weight excluding hydrogens is 193 g/mol. The number of hydrogen-bond donors (Lipinski definition) is 1. The highest BCUT2D eigenvalue weighted by atomic mass is 35.5. The average Bonchev–Trinajstić information content (AvgIpc) is 2.56. The smallest absolute Gasteiger partial charge is 0.124 e. The molecule has 0 aliphatic rings. The molecule has 0 saturated carbocycles. The van der Waals surface area contributed by atoms with Crippen molar-refractivity contribution in [3.05, 3.63) is 35.2 Å². The van der Waals surface area contributed by atoms with Crippen LogP contribution in [-0.4, -0.2) is 15.4 Å². The number of nitrogens with one attached hydrogen (secondary N) is 1. The molecule has 1 aromatic carbocycles. The second-order valence-electron chi connectivity index (χ2n) is 2.48. The molecule has 0 unspecified atom stereocenters. The Bertz CT molecular complexity index is 413. The van der Waals surface area contributed by atoms with Crippen molar-refractivity contribution < 1.29 is 4.39 Å². The van der Waals surface area contributed by atoms with Gasteiger partial charge in [-0.2, -0.15) is 15.4 Å². The fraction of sp³-hybridized carbons (Fsp3) is 0. The third-order valence-corrected chi connectivity index (χ3v) is 1.93. The Labute approximate surface area is 78.5 Å². The van der Waals surface area contributed by atoms with Gasteiger partial charge in [0, 0.05) is 5.56 Å². The van der Waals surface area contributed by atoms with E-state index in [9.17, 15) is 4.39 Å². The molecular formula is C8H5ClFN3. The van der Waals surface area contributed by atoms with E-state index < -0.39 is 0 Å². The molecule has 0 amide bonds. The Morgan fingerprint density at radius 1 is 1.38 bits per heavy atom. The van der Waals surface area contributed by atoms with Crippen molar-refractivity contribution in [3.8, 4) is 11.3 Å². The van der Waals surface area contributed by atoms with E-state index in [2.05, 4.69) is 15.4 Å². The largest absolute Gasteiger partial charge is 0.207 e. The molecule has 13 heavy (non-hydrogen) atoms. The summed E-state index contributed by atoms with van der Waals surface area (Å²) in [6, 6.07) is 4.14. The lowest BCUT2D eigenvalue weighted by Gasteiger charge is -1.98. The first kappa shape index (κ1) is 8.19. The highest BCUT2D eigenvalue weighted by Gasteiger charge is 2.06. The molecule has 0 saturated heterocycles. The summed E-state index contributed by atoms with van der Waals surface area (Å²) in [5, 5.41) is 10.3. The normalized spacial score (nSPS) is 10.3. The topological polar surface area (TPSA) is 41.6 Å². The van der Waals surface area contributed by atoms with E-state index in [1.165, 1.54) is 18.3 Å². The predicted octanol–water partition coefficient (Wildman–Crippen LogP) is 2.26. The lowest BCUT2D eigenvalue weighted by Crippen LogP contribution is -1.81. The summed E-state index contributed by atoms with van der Waals surface area (Å²) < 4.78 is 12.7. The number of aromatic nitrogens is 3. The molecule has 0 aliphatic carbocycles. The number of H-pyrrole nitrogens is 1. The third kappa shape index (κ3) is 1.53. The summed E-state index contributed by atoms with van der Waals surface area (Å²) >= 11 is 5.80. The number of rotatable bonds is 1. The molecule has 0 radical (unpaired) electrons. The molecule has 0 atom stereocenters. The van der Waals surface area contributed by atoms with Crippen LogP contribution in [0.5, 0.6) is 0 Å². The molecule has 0 aliphatic heterocycles. The standard InChI is InChI=1S/C8H5ClFN3/c9-7-3-5(10)1-2-6(7)8-4-11-13-12-8/h1-4H,(H,11,12,13). The molecule has 3 nitrogen and oxygen atoms in total. The van der Waals surface area contributed by atoms with Crippen LogP contribution in [0.1, 0.15) is 0 Å². The molecule has 2 aromatic rings. The first-order chi connectivity index (χ1) is 6.27. The van der Waals surface area contributed by atoms with Gasteiger partial charge in [-0.3, -0.25) is 0 Å². The van der Waals surface area contributed by atoms with Crippen LogP contribution >= 0.6 is 11.6 Å². The Morgan fingerprint density at radius 3 is 2.85 bits per heavy atom. The first-order valence-corrected chi connectivity index (χ1v) is 3.96. The number of aromatic amines is 1. The van der Waals surface area contributed by atoms with Gasteiger partial charge in [-0.05, 0) is 18.2 Å². The molecule has 0 bridgehead atoms. The summed E-state index contributed by atoms with van der Waals surface area (Å²) in [7, 11) is 0. The number of hydrogen-bond acceptors (Lipinski definition) is 2. The Kier molecular flexibility index (Phi) is 1.98. The molecule has 2 rings (SSSR count). The van der Waals surface area contributed by atoms with E-state index in [-0.39, 0.29) is 5.82 Å². The number of nitrogens with zero attached hydrogens (tertiary/aromatic N) is 2. The van der Waals surface area contributed by atoms with Gasteiger partial charge in [0.05, 0.1) is 11.2 Å². The second-order valence-corrected chi connectivity index (χ2v) is 2.89. The Morgan fingerprint density at radius 2 is 2.23 bits per heavy atom. The molecule has 5 heteroatoms. The fourth-order valence-electron chi connectivity index (χ4n) is 1.03. The molecule has 66 valence electrons. The van der Waals surface area contributed by atoms with Crippen molar-refractivity contribution >= 4 is 11.6 Å². The second kappa shape index (κ2) is 3.14. The van der Waals surface area contributed by atoms with Crippen LogP contribution in [0.2, 0.25) is 5.02 Å². The van der Waals surface area contributed by atoms with Crippen LogP contribution in [0.3, 0.4) is 0 Å². The molecule has 0 fully saturated rings. The molecule has 1 heterocycles. The van der Waals surface area contributed by atoms with Crippen LogP contribution in [0.4, 0.5) is 4.39 Å². The summed E-state index contributed by atoms with van der Waals surface area (Å²) in [5.74, 6) is -0.364. The minimum absolute atomic E-state index is 0.328. The maximum Gasteiger partial charge on any atom is 0.124 e. The van der Waals surface area contributed by atoms with Gasteiger partial charge in [-0.1, -0.05) is 11.6 Å². The lowest BCUT2D eigenvalue weighted by molar-refractivity contribution is 0.628. The van der Waals surface area contributed by atoms with Crippen molar-refractivity contribution in [3.63, 3.8) is 0 Å². The minimum atomic E-state index is -0.364. The monoisotopic (exact) mass is 197 g/mol. The van der Waals surface area contributed by atoms with Crippen molar-refractivity contribution in [1.29, 1.82) is 0 Å². The zero-order valence-corrected chi connectivity index (χ0v) is 7.22. The fourth-order valence-corrected chi connectivity index (χ4v) is 1.29. The third-order valence-electron chi connectivity index (χ3n) is 1.62. The Hall–Kier alpha value is -1.42. The highest BCUT2D eigenvalue weighted by molar-refractivity contribution is 6.33. The van der Waals surface area contributed by atoms with E-state index in [4.69, 9.17) is 11.6 Å².